The van der Waals surface area contributed by atoms with Crippen molar-refractivity contribution in [3.63, 3.8) is 0 Å². The van der Waals surface area contributed by atoms with Gasteiger partial charge in [-0.2, -0.15) is 0 Å². The van der Waals surface area contributed by atoms with Gasteiger partial charge in [0.2, 0.25) is 0 Å². The Kier molecular flexibility index (Phi) is 2.54. The second kappa shape index (κ2) is 3.59. The molecule has 2 aliphatic heterocycles. The predicted molar refractivity (Wildman–Crippen MR) is 49.1 cm³/mol. The second-order valence-electron chi connectivity index (χ2n) is 4.41. The van der Waals surface area contributed by atoms with Gasteiger partial charge in [-0.05, 0) is 18.9 Å². The summed E-state index contributed by atoms with van der Waals surface area (Å²) < 4.78 is 24.9. The van der Waals surface area contributed by atoms with Gasteiger partial charge in [-0.15, -0.1) is 0 Å². The Morgan fingerprint density at radius 3 is 2.47 bits per heavy atom. The molecule has 2 heterocycles. The monoisotopic (exact) mass is 220 g/mol. The van der Waals surface area contributed by atoms with E-state index in [9.17, 15) is 13.6 Å². The first-order valence-corrected chi connectivity index (χ1v) is 5.04. The molecule has 1 N–H and O–H groups in total. The molecule has 0 radical (unpaired) electrons. The molecule has 0 aromatic heterocycles. The highest BCUT2D eigenvalue weighted by molar-refractivity contribution is 5.65. The number of nitrogens with zero attached hydrogens (tertiary/aromatic N) is 2. The topological polar surface area (TPSA) is 43.8 Å². The molecule has 0 atom stereocenters. The molecule has 0 aromatic rings. The lowest BCUT2D eigenvalue weighted by atomic mass is 9.96. The van der Waals surface area contributed by atoms with E-state index < -0.39 is 12.0 Å². The van der Waals surface area contributed by atoms with Gasteiger partial charge in [-0.25, -0.2) is 13.6 Å². The summed E-state index contributed by atoms with van der Waals surface area (Å²) in [4.78, 5) is 13.5. The molecule has 4 nitrogen and oxygen atoms in total. The molecule has 1 amide bonds. The number of alkyl halides is 2. The summed E-state index contributed by atoms with van der Waals surface area (Å²) in [6.07, 6.45) is -0.0680. The second-order valence-corrected chi connectivity index (χ2v) is 4.41. The van der Waals surface area contributed by atoms with Crippen molar-refractivity contribution in [3.8, 4) is 0 Å². The van der Waals surface area contributed by atoms with Crippen LogP contribution in [-0.2, 0) is 0 Å². The summed E-state index contributed by atoms with van der Waals surface area (Å²) in [6, 6.07) is 0. The van der Waals surface area contributed by atoms with Crippen LogP contribution in [0.5, 0.6) is 0 Å². The van der Waals surface area contributed by atoms with E-state index in [1.54, 1.807) is 4.90 Å². The van der Waals surface area contributed by atoms with E-state index in [0.717, 1.165) is 6.42 Å². The fraction of sp³-hybridized carbons (Fsp3) is 0.889. The number of amides is 1. The summed E-state index contributed by atoms with van der Waals surface area (Å²) >= 11 is 0. The molecule has 0 spiro atoms. The molecule has 15 heavy (non-hydrogen) atoms. The van der Waals surface area contributed by atoms with Crippen LogP contribution in [0, 0.1) is 5.92 Å². The normalized spacial score (nSPS) is 25.9. The number of hydrogen-bond donors (Lipinski definition) is 1. The highest BCUT2D eigenvalue weighted by atomic mass is 19.3. The van der Waals surface area contributed by atoms with Gasteiger partial charge in [-0.3, -0.25) is 4.90 Å². The molecule has 2 fully saturated rings. The molecule has 0 saturated carbocycles. The van der Waals surface area contributed by atoms with Crippen LogP contribution >= 0.6 is 0 Å². The molecule has 2 aliphatic rings. The summed E-state index contributed by atoms with van der Waals surface area (Å²) in [6.45, 7) is 1.50. The Bertz CT molecular complexity index is 259. The Morgan fingerprint density at radius 1 is 1.40 bits per heavy atom. The van der Waals surface area contributed by atoms with Crippen molar-refractivity contribution in [2.45, 2.75) is 12.3 Å². The minimum atomic E-state index is -2.49. The van der Waals surface area contributed by atoms with Crippen LogP contribution in [0.4, 0.5) is 13.6 Å². The minimum Gasteiger partial charge on any atom is -0.465 e. The Balaban J connectivity index is 1.56. The van der Waals surface area contributed by atoms with E-state index >= 15 is 0 Å². The van der Waals surface area contributed by atoms with Crippen LogP contribution < -0.4 is 0 Å². The fourth-order valence-corrected chi connectivity index (χ4v) is 2.04. The van der Waals surface area contributed by atoms with Crippen molar-refractivity contribution in [2.75, 3.05) is 32.7 Å². The van der Waals surface area contributed by atoms with E-state index in [1.807, 2.05) is 0 Å². The Hall–Kier alpha value is -0.910. The summed E-state index contributed by atoms with van der Waals surface area (Å²) in [7, 11) is 0. The van der Waals surface area contributed by atoms with Crippen molar-refractivity contribution in [2.24, 2.45) is 5.92 Å². The highest BCUT2D eigenvalue weighted by Gasteiger charge is 2.43. The maximum atomic E-state index is 12.4. The maximum Gasteiger partial charge on any atom is 0.407 e. The maximum absolute atomic E-state index is 12.4. The van der Waals surface area contributed by atoms with Crippen LogP contribution in [0.15, 0.2) is 0 Å². The first-order chi connectivity index (χ1) is 6.96. The van der Waals surface area contributed by atoms with E-state index in [0.29, 0.717) is 25.6 Å². The van der Waals surface area contributed by atoms with Crippen LogP contribution in [0.3, 0.4) is 0 Å². The lowest BCUT2D eigenvalue weighted by molar-refractivity contribution is -0.132. The number of carbonyl (C=O) groups is 1. The van der Waals surface area contributed by atoms with Gasteiger partial charge >= 0.3 is 6.09 Å². The van der Waals surface area contributed by atoms with Gasteiger partial charge in [0.1, 0.15) is 0 Å². The van der Waals surface area contributed by atoms with E-state index in [2.05, 4.69) is 0 Å². The third-order valence-electron chi connectivity index (χ3n) is 2.99. The highest BCUT2D eigenvalue weighted by Crippen LogP contribution is 2.28. The summed E-state index contributed by atoms with van der Waals surface area (Å²) in [5.41, 5.74) is 0. The van der Waals surface area contributed by atoms with Crippen LogP contribution in [-0.4, -0.2) is 59.6 Å². The summed E-state index contributed by atoms with van der Waals surface area (Å²) in [5, 5.41) is 8.57. The van der Waals surface area contributed by atoms with Crippen molar-refractivity contribution >= 4 is 6.09 Å². The lowest BCUT2D eigenvalue weighted by Gasteiger charge is -2.42. The number of rotatable bonds is 3. The molecule has 0 bridgehead atoms. The lowest BCUT2D eigenvalue weighted by Crippen LogP contribution is -2.57. The molecule has 0 aliphatic carbocycles. The van der Waals surface area contributed by atoms with E-state index in [4.69, 9.17) is 5.11 Å². The van der Waals surface area contributed by atoms with Crippen LogP contribution in [0.1, 0.15) is 6.42 Å². The van der Waals surface area contributed by atoms with Gasteiger partial charge < -0.3 is 10.0 Å². The zero-order valence-corrected chi connectivity index (χ0v) is 8.33. The average molecular weight is 220 g/mol. The quantitative estimate of drug-likeness (QED) is 0.769. The third kappa shape index (κ3) is 2.37. The fourth-order valence-electron chi connectivity index (χ4n) is 2.04. The van der Waals surface area contributed by atoms with Crippen molar-refractivity contribution < 1.29 is 18.7 Å². The molecular weight excluding hydrogens is 206 g/mol. The zero-order chi connectivity index (χ0) is 11.1. The zero-order valence-electron chi connectivity index (χ0n) is 8.33. The standard InChI is InChI=1S/C9H14F2N2O2/c10-9(11)5-12(6-9)2-1-7-3-13(4-7)8(14)15/h7H,1-6H2,(H,14,15). The van der Waals surface area contributed by atoms with Gasteiger partial charge in [0.15, 0.2) is 0 Å². The Morgan fingerprint density at radius 2 is 2.00 bits per heavy atom. The number of hydrogen-bond acceptors (Lipinski definition) is 2. The van der Waals surface area contributed by atoms with Gasteiger partial charge in [-0.1, -0.05) is 0 Å². The number of halogens is 2. The predicted octanol–water partition coefficient (Wildman–Crippen LogP) is 0.937. The smallest absolute Gasteiger partial charge is 0.407 e. The Labute approximate surface area is 86.5 Å². The molecule has 2 rings (SSSR count). The minimum absolute atomic E-state index is 0.137. The first kappa shape index (κ1) is 10.6. The van der Waals surface area contributed by atoms with Crippen LogP contribution in [0.2, 0.25) is 0 Å². The molecule has 0 unspecified atom stereocenters. The molecule has 6 heteroatoms. The van der Waals surface area contributed by atoms with Crippen LogP contribution in [0.25, 0.3) is 0 Å². The first-order valence-electron chi connectivity index (χ1n) is 5.04. The average Bonchev–Trinajstić information content (AvgIpc) is 1.96. The molecule has 2 saturated heterocycles. The molecule has 86 valence electrons. The molecule has 0 aromatic carbocycles. The SMILES string of the molecule is O=C(O)N1CC(CCN2CC(F)(F)C2)C1. The van der Waals surface area contributed by atoms with Gasteiger partial charge in [0.25, 0.3) is 5.92 Å². The largest absolute Gasteiger partial charge is 0.465 e. The van der Waals surface area contributed by atoms with Crippen molar-refractivity contribution in [3.05, 3.63) is 0 Å². The van der Waals surface area contributed by atoms with Crippen molar-refractivity contribution in [1.29, 1.82) is 0 Å². The van der Waals surface area contributed by atoms with Gasteiger partial charge in [0.05, 0.1) is 13.1 Å². The molecular formula is C9H14F2N2O2. The number of likely N-dealkylation sites (tertiary alicyclic amines) is 2. The number of carboxylic acid groups (broad SMARTS) is 1. The third-order valence-corrected chi connectivity index (χ3v) is 2.99. The van der Waals surface area contributed by atoms with Crippen molar-refractivity contribution in [1.82, 2.24) is 9.80 Å². The van der Waals surface area contributed by atoms with E-state index in [1.165, 1.54) is 4.90 Å². The van der Waals surface area contributed by atoms with E-state index in [-0.39, 0.29) is 13.1 Å². The van der Waals surface area contributed by atoms with Gasteiger partial charge in [0, 0.05) is 13.1 Å². The summed E-state index contributed by atoms with van der Waals surface area (Å²) in [5.74, 6) is -2.14.